The second-order valence-electron chi connectivity index (χ2n) is 7.74. The molecule has 0 unspecified atom stereocenters. The van der Waals surface area contributed by atoms with E-state index in [2.05, 4.69) is 22.8 Å². The van der Waals surface area contributed by atoms with E-state index < -0.39 is 10.0 Å². The third-order valence-electron chi connectivity index (χ3n) is 5.57. The van der Waals surface area contributed by atoms with Crippen LogP contribution in [0.15, 0.2) is 53.4 Å². The van der Waals surface area contributed by atoms with Gasteiger partial charge in [-0.3, -0.25) is 4.79 Å². The van der Waals surface area contributed by atoms with Crippen LogP contribution in [0.5, 0.6) is 0 Å². The molecule has 4 N–H and O–H groups in total. The van der Waals surface area contributed by atoms with Gasteiger partial charge in [0.05, 0.1) is 11.4 Å². The van der Waals surface area contributed by atoms with Gasteiger partial charge in [-0.15, -0.1) is 0 Å². The fourth-order valence-electron chi connectivity index (χ4n) is 3.99. The molecule has 0 aromatic heterocycles. The Balaban J connectivity index is 1.69. The van der Waals surface area contributed by atoms with Crippen molar-refractivity contribution in [3.63, 3.8) is 0 Å². The first-order valence-corrected chi connectivity index (χ1v) is 11.6. The number of primary sulfonamides is 1. The van der Waals surface area contributed by atoms with Crippen molar-refractivity contribution >= 4 is 21.6 Å². The fraction of sp³-hybridized carbons (Fsp3) is 0.409. The SMILES string of the molecule is Cc1ccc(S(N)(=O)=O)cc1NC(=O)CN[C@H](c1ccccc1)C1CCCCC1. The number of anilines is 1. The van der Waals surface area contributed by atoms with Crippen molar-refractivity contribution in [1.82, 2.24) is 5.32 Å². The molecule has 0 aliphatic heterocycles. The zero-order valence-electron chi connectivity index (χ0n) is 16.7. The largest absolute Gasteiger partial charge is 0.325 e. The van der Waals surface area contributed by atoms with Crippen molar-refractivity contribution in [2.75, 3.05) is 11.9 Å². The molecule has 0 spiro atoms. The van der Waals surface area contributed by atoms with E-state index in [1.54, 1.807) is 6.07 Å². The molecule has 1 aliphatic rings. The number of hydrogen-bond donors (Lipinski definition) is 3. The molecular formula is C22H29N3O3S. The van der Waals surface area contributed by atoms with Gasteiger partial charge in [-0.05, 0) is 48.9 Å². The number of sulfonamides is 1. The molecule has 0 saturated heterocycles. The van der Waals surface area contributed by atoms with E-state index >= 15 is 0 Å². The fourth-order valence-corrected chi connectivity index (χ4v) is 4.53. The summed E-state index contributed by atoms with van der Waals surface area (Å²) in [6, 6.07) is 14.8. The third-order valence-corrected chi connectivity index (χ3v) is 6.49. The first-order valence-electron chi connectivity index (χ1n) is 10.1. The maximum absolute atomic E-state index is 12.6. The van der Waals surface area contributed by atoms with Crippen LogP contribution in [0.2, 0.25) is 0 Å². The molecule has 2 aromatic carbocycles. The number of amides is 1. The van der Waals surface area contributed by atoms with E-state index in [9.17, 15) is 13.2 Å². The molecule has 1 saturated carbocycles. The van der Waals surface area contributed by atoms with Gasteiger partial charge in [-0.2, -0.15) is 0 Å². The number of hydrogen-bond acceptors (Lipinski definition) is 4. The van der Waals surface area contributed by atoms with Crippen molar-refractivity contribution in [3.8, 4) is 0 Å². The average Bonchev–Trinajstić information content (AvgIpc) is 2.70. The number of aryl methyl sites for hydroxylation is 1. The maximum atomic E-state index is 12.6. The number of carbonyl (C=O) groups is 1. The summed E-state index contributed by atoms with van der Waals surface area (Å²) in [4.78, 5) is 12.6. The van der Waals surface area contributed by atoms with Crippen LogP contribution in [0.25, 0.3) is 0 Å². The summed E-state index contributed by atoms with van der Waals surface area (Å²) in [5.41, 5.74) is 2.43. The normalized spacial score (nSPS) is 16.3. The summed E-state index contributed by atoms with van der Waals surface area (Å²) in [7, 11) is -3.82. The number of rotatable bonds is 7. The van der Waals surface area contributed by atoms with Crippen molar-refractivity contribution in [2.45, 2.75) is 50.0 Å². The van der Waals surface area contributed by atoms with Crippen LogP contribution in [0.4, 0.5) is 5.69 Å². The molecular weight excluding hydrogens is 386 g/mol. The van der Waals surface area contributed by atoms with Crippen molar-refractivity contribution in [1.29, 1.82) is 0 Å². The smallest absolute Gasteiger partial charge is 0.238 e. The van der Waals surface area contributed by atoms with E-state index in [1.165, 1.54) is 37.0 Å². The Bertz CT molecular complexity index is 939. The highest BCUT2D eigenvalue weighted by Gasteiger charge is 2.25. The third kappa shape index (κ3) is 5.88. The van der Waals surface area contributed by atoms with E-state index in [-0.39, 0.29) is 23.4 Å². The summed E-state index contributed by atoms with van der Waals surface area (Å²) in [5, 5.41) is 11.4. The predicted octanol–water partition coefficient (Wildman–Crippen LogP) is 3.49. The molecule has 2 aromatic rings. The van der Waals surface area contributed by atoms with Gasteiger partial charge in [0.15, 0.2) is 0 Å². The number of nitrogens with one attached hydrogen (secondary N) is 2. The summed E-state index contributed by atoms with van der Waals surface area (Å²) < 4.78 is 23.2. The van der Waals surface area contributed by atoms with Crippen molar-refractivity contribution in [2.24, 2.45) is 11.1 Å². The summed E-state index contributed by atoms with van der Waals surface area (Å²) in [6.07, 6.45) is 6.04. The molecule has 7 heteroatoms. The second-order valence-corrected chi connectivity index (χ2v) is 9.30. The highest BCUT2D eigenvalue weighted by molar-refractivity contribution is 7.89. The Labute approximate surface area is 172 Å². The van der Waals surface area contributed by atoms with Crippen LogP contribution in [0.3, 0.4) is 0 Å². The summed E-state index contributed by atoms with van der Waals surface area (Å²) >= 11 is 0. The number of nitrogens with two attached hydrogens (primary N) is 1. The molecule has 1 amide bonds. The maximum Gasteiger partial charge on any atom is 0.238 e. The Kier molecular flexibility index (Phi) is 7.05. The molecule has 1 fully saturated rings. The van der Waals surface area contributed by atoms with Crippen LogP contribution in [0, 0.1) is 12.8 Å². The van der Waals surface area contributed by atoms with Crippen molar-refractivity contribution < 1.29 is 13.2 Å². The van der Waals surface area contributed by atoms with Gasteiger partial charge in [-0.25, -0.2) is 13.6 Å². The molecule has 0 heterocycles. The molecule has 6 nitrogen and oxygen atoms in total. The van der Waals surface area contributed by atoms with Gasteiger partial charge in [0.1, 0.15) is 0 Å². The number of carbonyl (C=O) groups excluding carboxylic acids is 1. The minimum atomic E-state index is -3.82. The van der Waals surface area contributed by atoms with Crippen LogP contribution in [-0.4, -0.2) is 20.9 Å². The molecule has 1 atom stereocenters. The molecule has 0 bridgehead atoms. The lowest BCUT2D eigenvalue weighted by Crippen LogP contribution is -2.35. The lowest BCUT2D eigenvalue weighted by Gasteiger charge is -2.31. The minimum absolute atomic E-state index is 0.0178. The Morgan fingerprint density at radius 1 is 1.10 bits per heavy atom. The Morgan fingerprint density at radius 2 is 1.79 bits per heavy atom. The Hall–Kier alpha value is -2.22. The van der Waals surface area contributed by atoms with E-state index in [0.717, 1.165) is 18.4 Å². The van der Waals surface area contributed by atoms with Crippen LogP contribution >= 0.6 is 0 Å². The van der Waals surface area contributed by atoms with E-state index in [0.29, 0.717) is 11.6 Å². The average molecular weight is 416 g/mol. The molecule has 156 valence electrons. The zero-order chi connectivity index (χ0) is 20.9. The highest BCUT2D eigenvalue weighted by Crippen LogP contribution is 2.34. The van der Waals surface area contributed by atoms with Crippen LogP contribution in [-0.2, 0) is 14.8 Å². The van der Waals surface area contributed by atoms with Gasteiger partial charge < -0.3 is 10.6 Å². The first-order chi connectivity index (χ1) is 13.8. The lowest BCUT2D eigenvalue weighted by molar-refractivity contribution is -0.115. The zero-order valence-corrected chi connectivity index (χ0v) is 17.5. The van der Waals surface area contributed by atoms with Gasteiger partial charge in [0.2, 0.25) is 15.9 Å². The van der Waals surface area contributed by atoms with Gasteiger partial charge >= 0.3 is 0 Å². The molecule has 0 radical (unpaired) electrons. The standard InChI is InChI=1S/C22H29N3O3S/c1-16-12-13-19(29(23,27)28)14-20(16)25-21(26)15-24-22(17-8-4-2-5-9-17)18-10-6-3-7-11-18/h2,4-5,8-9,12-14,18,22,24H,3,6-7,10-11,15H2,1H3,(H,25,26)(H2,23,27,28)/t22-/m1/s1. The molecule has 29 heavy (non-hydrogen) atoms. The second kappa shape index (κ2) is 9.52. The van der Waals surface area contributed by atoms with Crippen molar-refractivity contribution in [3.05, 3.63) is 59.7 Å². The van der Waals surface area contributed by atoms with Gasteiger partial charge in [-0.1, -0.05) is 55.7 Å². The summed E-state index contributed by atoms with van der Waals surface area (Å²) in [6.45, 7) is 1.96. The first kappa shape index (κ1) is 21.5. The van der Waals surface area contributed by atoms with Gasteiger partial charge in [0.25, 0.3) is 0 Å². The molecule has 3 rings (SSSR count). The number of benzene rings is 2. The van der Waals surface area contributed by atoms with E-state index in [4.69, 9.17) is 5.14 Å². The Morgan fingerprint density at radius 3 is 2.45 bits per heavy atom. The monoisotopic (exact) mass is 415 g/mol. The summed E-state index contributed by atoms with van der Waals surface area (Å²) in [5.74, 6) is 0.294. The predicted molar refractivity (Wildman–Crippen MR) is 115 cm³/mol. The highest BCUT2D eigenvalue weighted by atomic mass is 32.2. The lowest BCUT2D eigenvalue weighted by atomic mass is 9.81. The quantitative estimate of drug-likeness (QED) is 0.644. The van der Waals surface area contributed by atoms with Gasteiger partial charge in [0, 0.05) is 11.7 Å². The topological polar surface area (TPSA) is 101 Å². The van der Waals surface area contributed by atoms with Crippen LogP contribution in [0.1, 0.15) is 49.3 Å². The molecule has 1 aliphatic carbocycles. The minimum Gasteiger partial charge on any atom is -0.325 e. The van der Waals surface area contributed by atoms with E-state index in [1.807, 2.05) is 25.1 Å². The van der Waals surface area contributed by atoms with Crippen LogP contribution < -0.4 is 15.8 Å².